The topological polar surface area (TPSA) is 53.1 Å². The van der Waals surface area contributed by atoms with Crippen LogP contribution in [0.5, 0.6) is 0 Å². The molecule has 0 heterocycles. The summed E-state index contributed by atoms with van der Waals surface area (Å²) < 4.78 is 38.3. The van der Waals surface area contributed by atoms with Gasteiger partial charge in [-0.2, -0.15) is 24.9 Å². The van der Waals surface area contributed by atoms with E-state index in [0.29, 0.717) is 12.2 Å². The third-order valence-electron chi connectivity index (χ3n) is 2.67. The number of nitrogens with one attached hydrogen (secondary N) is 1. The van der Waals surface area contributed by atoms with Gasteiger partial charge in [0.05, 0.1) is 5.56 Å². The Morgan fingerprint density at radius 3 is 2.53 bits per heavy atom. The first kappa shape index (κ1) is 15.7. The van der Waals surface area contributed by atoms with Crippen molar-refractivity contribution in [3.63, 3.8) is 0 Å². The Morgan fingerprint density at radius 1 is 1.42 bits per heavy atom. The van der Waals surface area contributed by atoms with Gasteiger partial charge in [-0.3, -0.25) is 5.41 Å². The monoisotopic (exact) mass is 291 g/mol. The highest BCUT2D eigenvalue weighted by molar-refractivity contribution is 7.98. The van der Waals surface area contributed by atoms with Gasteiger partial charge in [0.25, 0.3) is 0 Å². The normalized spacial score (nSPS) is 11.4. The Balaban J connectivity index is 3.13. The Morgan fingerprint density at radius 2 is 2.05 bits per heavy atom. The molecule has 0 saturated heterocycles. The summed E-state index contributed by atoms with van der Waals surface area (Å²) in [7, 11) is 1.79. The van der Waals surface area contributed by atoms with Crippen LogP contribution in [0.15, 0.2) is 18.2 Å². The number of benzene rings is 1. The lowest BCUT2D eigenvalue weighted by atomic mass is 10.0. The van der Waals surface area contributed by atoms with E-state index in [4.69, 9.17) is 11.1 Å². The molecule has 0 aliphatic rings. The fourth-order valence-electron chi connectivity index (χ4n) is 1.60. The van der Waals surface area contributed by atoms with Crippen LogP contribution in [-0.4, -0.2) is 31.4 Å². The summed E-state index contributed by atoms with van der Waals surface area (Å²) >= 11 is 1.65. The Bertz CT molecular complexity index is 460. The molecule has 0 amide bonds. The second-order valence-electron chi connectivity index (χ2n) is 4.06. The first-order valence-corrected chi connectivity index (χ1v) is 6.92. The Labute approximate surface area is 114 Å². The van der Waals surface area contributed by atoms with E-state index < -0.39 is 17.6 Å². The van der Waals surface area contributed by atoms with E-state index in [-0.39, 0.29) is 5.56 Å². The first-order chi connectivity index (χ1) is 8.77. The fourth-order valence-corrected chi connectivity index (χ4v) is 2.05. The molecule has 0 aliphatic heterocycles. The van der Waals surface area contributed by atoms with Gasteiger partial charge in [-0.15, -0.1) is 0 Å². The van der Waals surface area contributed by atoms with Crippen molar-refractivity contribution in [3.05, 3.63) is 29.3 Å². The van der Waals surface area contributed by atoms with Crippen molar-refractivity contribution in [1.82, 2.24) is 0 Å². The van der Waals surface area contributed by atoms with Crippen molar-refractivity contribution in [2.45, 2.75) is 6.18 Å². The Hall–Kier alpha value is -1.37. The van der Waals surface area contributed by atoms with Gasteiger partial charge in [0, 0.05) is 30.6 Å². The lowest BCUT2D eigenvalue weighted by Crippen LogP contribution is -2.23. The molecule has 1 aromatic carbocycles. The molecule has 0 radical (unpaired) electrons. The molecule has 19 heavy (non-hydrogen) atoms. The molecule has 0 unspecified atom stereocenters. The molecule has 3 nitrogen and oxygen atoms in total. The molecule has 7 heteroatoms. The van der Waals surface area contributed by atoms with Crippen molar-refractivity contribution in [2.24, 2.45) is 5.73 Å². The summed E-state index contributed by atoms with van der Waals surface area (Å²) in [6, 6.07) is 3.68. The minimum Gasteiger partial charge on any atom is -0.384 e. The van der Waals surface area contributed by atoms with Crippen LogP contribution < -0.4 is 10.6 Å². The van der Waals surface area contributed by atoms with Crippen molar-refractivity contribution >= 4 is 23.3 Å². The number of alkyl halides is 3. The zero-order valence-corrected chi connectivity index (χ0v) is 11.5. The van der Waals surface area contributed by atoms with Crippen LogP contribution >= 0.6 is 11.8 Å². The number of thioether (sulfide) groups is 1. The quantitative estimate of drug-likeness (QED) is 0.648. The van der Waals surface area contributed by atoms with Gasteiger partial charge in [0.2, 0.25) is 0 Å². The molecule has 1 rings (SSSR count). The summed E-state index contributed by atoms with van der Waals surface area (Å²) in [4.78, 5) is 1.84. The molecule has 0 atom stereocenters. The zero-order valence-electron chi connectivity index (χ0n) is 10.7. The molecule has 0 bridgehead atoms. The average Bonchev–Trinajstić information content (AvgIpc) is 2.34. The molecule has 0 fully saturated rings. The van der Waals surface area contributed by atoms with Crippen molar-refractivity contribution in [3.8, 4) is 0 Å². The molecule has 0 aliphatic carbocycles. The first-order valence-electron chi connectivity index (χ1n) is 5.53. The van der Waals surface area contributed by atoms with Crippen LogP contribution in [0, 0.1) is 5.41 Å². The third kappa shape index (κ3) is 4.05. The van der Waals surface area contributed by atoms with Crippen LogP contribution in [0.3, 0.4) is 0 Å². The lowest BCUT2D eigenvalue weighted by Gasteiger charge is -2.21. The number of nitrogens with zero attached hydrogens (tertiary/aromatic N) is 1. The summed E-state index contributed by atoms with van der Waals surface area (Å²) in [6.45, 7) is 0.712. The lowest BCUT2D eigenvalue weighted by molar-refractivity contribution is -0.137. The molecule has 106 valence electrons. The van der Waals surface area contributed by atoms with Gasteiger partial charge >= 0.3 is 6.18 Å². The maximum atomic E-state index is 12.8. The average molecular weight is 291 g/mol. The molecule has 0 aromatic heterocycles. The van der Waals surface area contributed by atoms with Gasteiger partial charge in [-0.25, -0.2) is 0 Å². The summed E-state index contributed by atoms with van der Waals surface area (Å²) in [5.74, 6) is 0.292. The molecule has 0 saturated carbocycles. The SMILES string of the molecule is CSCCN(C)c1ccc(C(F)(F)F)c(C(=N)N)c1. The van der Waals surface area contributed by atoms with Crippen molar-refractivity contribution in [2.75, 3.05) is 30.5 Å². The van der Waals surface area contributed by atoms with E-state index >= 15 is 0 Å². The van der Waals surface area contributed by atoms with Crippen LogP contribution in [0.25, 0.3) is 0 Å². The molecular weight excluding hydrogens is 275 g/mol. The summed E-state index contributed by atoms with van der Waals surface area (Å²) in [6.07, 6.45) is -2.54. The van der Waals surface area contributed by atoms with E-state index in [2.05, 4.69) is 0 Å². The Kier molecular flexibility index (Phi) is 5.11. The number of halogens is 3. The number of nitrogen functional groups attached to an aromatic ring is 1. The van der Waals surface area contributed by atoms with Crippen LogP contribution in [-0.2, 0) is 6.18 Å². The van der Waals surface area contributed by atoms with E-state index in [0.717, 1.165) is 11.8 Å². The fraction of sp³-hybridized carbons (Fsp3) is 0.417. The van der Waals surface area contributed by atoms with E-state index in [9.17, 15) is 13.2 Å². The minimum absolute atomic E-state index is 0.277. The van der Waals surface area contributed by atoms with Crippen molar-refractivity contribution < 1.29 is 13.2 Å². The molecule has 3 N–H and O–H groups in total. The predicted molar refractivity (Wildman–Crippen MR) is 74.1 cm³/mol. The minimum atomic E-state index is -4.50. The second kappa shape index (κ2) is 6.18. The highest BCUT2D eigenvalue weighted by Crippen LogP contribution is 2.33. The van der Waals surface area contributed by atoms with Gasteiger partial charge in [-0.1, -0.05) is 0 Å². The zero-order chi connectivity index (χ0) is 14.6. The highest BCUT2D eigenvalue weighted by Gasteiger charge is 2.34. The summed E-state index contributed by atoms with van der Waals surface area (Å²) in [5.41, 5.74) is 4.71. The second-order valence-corrected chi connectivity index (χ2v) is 5.04. The number of anilines is 1. The van der Waals surface area contributed by atoms with Crippen LogP contribution in [0.2, 0.25) is 0 Å². The van der Waals surface area contributed by atoms with Gasteiger partial charge in [-0.05, 0) is 24.5 Å². The standard InChI is InChI=1S/C12H16F3N3S/c1-18(5-6-19-2)8-3-4-10(12(13,14)15)9(7-8)11(16)17/h3-4,7H,5-6H2,1-2H3,(H3,16,17). The smallest absolute Gasteiger partial charge is 0.384 e. The number of nitrogens with two attached hydrogens (primary N) is 1. The molecule has 1 aromatic rings. The van der Waals surface area contributed by atoms with Crippen LogP contribution in [0.1, 0.15) is 11.1 Å². The maximum Gasteiger partial charge on any atom is 0.417 e. The van der Waals surface area contributed by atoms with E-state index in [1.165, 1.54) is 12.1 Å². The molecular formula is C12H16F3N3S. The van der Waals surface area contributed by atoms with Gasteiger partial charge < -0.3 is 10.6 Å². The summed E-state index contributed by atoms with van der Waals surface area (Å²) in [5, 5.41) is 7.29. The van der Waals surface area contributed by atoms with E-state index in [1.54, 1.807) is 18.8 Å². The van der Waals surface area contributed by atoms with Crippen molar-refractivity contribution in [1.29, 1.82) is 5.41 Å². The van der Waals surface area contributed by atoms with Gasteiger partial charge in [0.15, 0.2) is 0 Å². The van der Waals surface area contributed by atoms with Crippen LogP contribution in [0.4, 0.5) is 18.9 Å². The highest BCUT2D eigenvalue weighted by atomic mass is 32.2. The number of hydrogen-bond acceptors (Lipinski definition) is 3. The maximum absolute atomic E-state index is 12.8. The number of amidine groups is 1. The number of hydrogen-bond donors (Lipinski definition) is 2. The molecule has 0 spiro atoms. The predicted octanol–water partition coefficient (Wildman–Crippen LogP) is 2.79. The van der Waals surface area contributed by atoms with E-state index in [1.807, 2.05) is 11.2 Å². The largest absolute Gasteiger partial charge is 0.417 e. The third-order valence-corrected chi connectivity index (χ3v) is 3.26. The number of rotatable bonds is 5. The van der Waals surface area contributed by atoms with Gasteiger partial charge in [0.1, 0.15) is 5.84 Å².